The van der Waals surface area contributed by atoms with Crippen molar-refractivity contribution in [2.24, 2.45) is 0 Å². The fourth-order valence-electron chi connectivity index (χ4n) is 1.72. The molecular weight excluding hydrogens is 230 g/mol. The second-order valence-electron chi connectivity index (χ2n) is 3.78. The summed E-state index contributed by atoms with van der Waals surface area (Å²) in [6, 6.07) is 1.44. The lowest BCUT2D eigenvalue weighted by molar-refractivity contribution is 0.133. The third-order valence-electron chi connectivity index (χ3n) is 2.49. The van der Waals surface area contributed by atoms with Gasteiger partial charge in [0, 0.05) is 11.3 Å². The van der Waals surface area contributed by atoms with Crippen molar-refractivity contribution in [2.45, 2.75) is 31.5 Å². The van der Waals surface area contributed by atoms with Gasteiger partial charge in [0.2, 0.25) is 0 Å². The first-order valence-corrected chi connectivity index (χ1v) is 6.75. The van der Waals surface area contributed by atoms with Crippen LogP contribution in [0.15, 0.2) is 15.8 Å². The van der Waals surface area contributed by atoms with Crippen LogP contribution in [-0.2, 0) is 27.8 Å². The van der Waals surface area contributed by atoms with Crippen molar-refractivity contribution in [1.29, 1.82) is 0 Å². The zero-order valence-electron chi connectivity index (χ0n) is 8.95. The number of aromatic amines is 1. The minimum atomic E-state index is -3.46. The molecule has 2 heterocycles. The molecule has 0 fully saturated rings. The number of hydrogen-bond acceptors (Lipinski definition) is 4. The van der Waals surface area contributed by atoms with Gasteiger partial charge in [-0.2, -0.15) is 0 Å². The molecule has 88 valence electrons. The van der Waals surface area contributed by atoms with Crippen LogP contribution in [0.25, 0.3) is 0 Å². The summed E-state index contributed by atoms with van der Waals surface area (Å²) in [5.74, 6) is -0.00424. The van der Waals surface area contributed by atoms with Crippen molar-refractivity contribution >= 4 is 9.84 Å². The van der Waals surface area contributed by atoms with Gasteiger partial charge in [0.15, 0.2) is 9.84 Å². The lowest BCUT2D eigenvalue weighted by Gasteiger charge is -2.03. The Morgan fingerprint density at radius 2 is 2.19 bits per heavy atom. The van der Waals surface area contributed by atoms with Crippen LogP contribution >= 0.6 is 0 Å². The molecule has 2 rings (SSSR count). The van der Waals surface area contributed by atoms with E-state index in [0.29, 0.717) is 25.3 Å². The van der Waals surface area contributed by atoms with E-state index in [0.717, 1.165) is 5.56 Å². The summed E-state index contributed by atoms with van der Waals surface area (Å²) in [6.45, 7) is 2.47. The van der Waals surface area contributed by atoms with Gasteiger partial charge < -0.3 is 9.72 Å². The smallest absolute Gasteiger partial charge is 0.267 e. The molecule has 1 aliphatic rings. The topological polar surface area (TPSA) is 76.2 Å². The van der Waals surface area contributed by atoms with E-state index >= 15 is 0 Å². The summed E-state index contributed by atoms with van der Waals surface area (Å²) in [6.07, 6.45) is 0.495. The molecule has 1 aromatic heterocycles. The summed E-state index contributed by atoms with van der Waals surface area (Å²) < 4.78 is 28.7. The van der Waals surface area contributed by atoms with E-state index in [4.69, 9.17) is 4.74 Å². The first-order chi connectivity index (χ1) is 7.54. The van der Waals surface area contributed by atoms with Crippen LogP contribution in [0.4, 0.5) is 0 Å². The Bertz CT molecular complexity index is 559. The summed E-state index contributed by atoms with van der Waals surface area (Å²) in [5, 5.41) is 0. The van der Waals surface area contributed by atoms with Gasteiger partial charge in [-0.15, -0.1) is 0 Å². The number of fused-ring (bicyclic) bond motifs is 1. The van der Waals surface area contributed by atoms with Crippen LogP contribution in [0, 0.1) is 0 Å². The Morgan fingerprint density at radius 3 is 2.88 bits per heavy atom. The number of hydrogen-bond donors (Lipinski definition) is 1. The van der Waals surface area contributed by atoms with Crippen molar-refractivity contribution in [2.75, 3.05) is 5.75 Å². The average Bonchev–Trinajstić information content (AvgIpc) is 2.63. The Kier molecular flexibility index (Phi) is 2.86. The highest BCUT2D eigenvalue weighted by Crippen LogP contribution is 2.19. The van der Waals surface area contributed by atoms with E-state index in [-0.39, 0.29) is 10.6 Å². The molecule has 16 heavy (non-hydrogen) atoms. The molecule has 0 radical (unpaired) electrons. The number of rotatable bonds is 3. The van der Waals surface area contributed by atoms with Crippen LogP contribution < -0.4 is 5.56 Å². The molecule has 0 bridgehead atoms. The van der Waals surface area contributed by atoms with Gasteiger partial charge in [0.1, 0.15) is 4.90 Å². The van der Waals surface area contributed by atoms with E-state index in [1.54, 1.807) is 6.92 Å². The minimum Gasteiger partial charge on any atom is -0.370 e. The molecule has 0 amide bonds. The second kappa shape index (κ2) is 4.03. The first-order valence-electron chi connectivity index (χ1n) is 5.10. The largest absolute Gasteiger partial charge is 0.370 e. The molecule has 0 aromatic carbocycles. The molecule has 1 aliphatic heterocycles. The predicted octanol–water partition coefficient (Wildman–Crippen LogP) is 0.589. The average molecular weight is 243 g/mol. The van der Waals surface area contributed by atoms with E-state index in [1.807, 2.05) is 0 Å². The van der Waals surface area contributed by atoms with E-state index < -0.39 is 15.4 Å². The SMILES string of the molecule is CCCS(=O)(=O)c1cc2c([nH]c1=O)COC2. The Hall–Kier alpha value is -1.14. The maximum atomic E-state index is 11.8. The van der Waals surface area contributed by atoms with Crippen LogP contribution in [0.3, 0.4) is 0 Å². The number of sulfone groups is 1. The molecule has 0 saturated carbocycles. The van der Waals surface area contributed by atoms with Crippen LogP contribution in [0.5, 0.6) is 0 Å². The lowest BCUT2D eigenvalue weighted by Crippen LogP contribution is -2.21. The van der Waals surface area contributed by atoms with E-state index in [2.05, 4.69) is 4.98 Å². The Labute approximate surface area is 93.4 Å². The quantitative estimate of drug-likeness (QED) is 0.843. The highest BCUT2D eigenvalue weighted by Gasteiger charge is 2.22. The molecule has 0 saturated heterocycles. The van der Waals surface area contributed by atoms with Crippen LogP contribution in [-0.4, -0.2) is 19.2 Å². The van der Waals surface area contributed by atoms with Crippen molar-refractivity contribution < 1.29 is 13.2 Å². The van der Waals surface area contributed by atoms with Crippen LogP contribution in [0.1, 0.15) is 24.6 Å². The van der Waals surface area contributed by atoms with Gasteiger partial charge in [-0.3, -0.25) is 4.79 Å². The molecule has 0 atom stereocenters. The van der Waals surface area contributed by atoms with Gasteiger partial charge in [0.05, 0.1) is 19.0 Å². The summed E-state index contributed by atoms with van der Waals surface area (Å²) >= 11 is 0. The Balaban J connectivity index is 2.55. The first kappa shape index (κ1) is 11.3. The number of pyridine rings is 1. The molecule has 6 heteroatoms. The minimum absolute atomic E-state index is 0.00424. The van der Waals surface area contributed by atoms with Crippen molar-refractivity contribution in [1.82, 2.24) is 4.98 Å². The van der Waals surface area contributed by atoms with Gasteiger partial charge in [-0.1, -0.05) is 6.92 Å². The fourth-order valence-corrected chi connectivity index (χ4v) is 3.13. The summed E-state index contributed by atoms with van der Waals surface area (Å²) in [5.41, 5.74) is 0.896. The maximum Gasteiger partial charge on any atom is 0.267 e. The number of H-pyrrole nitrogens is 1. The zero-order valence-corrected chi connectivity index (χ0v) is 9.76. The van der Waals surface area contributed by atoms with Gasteiger partial charge in [0.25, 0.3) is 5.56 Å². The third kappa shape index (κ3) is 1.90. The summed E-state index contributed by atoms with van der Waals surface area (Å²) in [4.78, 5) is 14.0. The predicted molar refractivity (Wildman–Crippen MR) is 57.9 cm³/mol. The van der Waals surface area contributed by atoms with Gasteiger partial charge in [-0.25, -0.2) is 8.42 Å². The normalized spacial score (nSPS) is 15.1. The molecule has 0 unspecified atom stereocenters. The van der Waals surface area contributed by atoms with Crippen molar-refractivity contribution in [3.8, 4) is 0 Å². The fraction of sp³-hybridized carbons (Fsp3) is 0.500. The van der Waals surface area contributed by atoms with Crippen molar-refractivity contribution in [3.05, 3.63) is 27.7 Å². The maximum absolute atomic E-state index is 11.8. The van der Waals surface area contributed by atoms with E-state index in [9.17, 15) is 13.2 Å². The molecule has 0 aliphatic carbocycles. The highest BCUT2D eigenvalue weighted by molar-refractivity contribution is 7.91. The molecule has 1 N–H and O–H groups in total. The monoisotopic (exact) mass is 243 g/mol. The van der Waals surface area contributed by atoms with Crippen molar-refractivity contribution in [3.63, 3.8) is 0 Å². The van der Waals surface area contributed by atoms with E-state index in [1.165, 1.54) is 6.07 Å². The lowest BCUT2D eigenvalue weighted by atomic mass is 10.2. The zero-order chi connectivity index (χ0) is 11.8. The number of ether oxygens (including phenoxy) is 1. The molecule has 1 aromatic rings. The third-order valence-corrected chi connectivity index (χ3v) is 4.41. The standard InChI is InChI=1S/C10H13NO4S/c1-2-3-16(13,14)9-4-7-5-15-6-8(7)11-10(9)12/h4H,2-3,5-6H2,1H3,(H,11,12). The Morgan fingerprint density at radius 1 is 1.44 bits per heavy atom. The van der Waals surface area contributed by atoms with Gasteiger partial charge >= 0.3 is 0 Å². The van der Waals surface area contributed by atoms with Crippen LogP contribution in [0.2, 0.25) is 0 Å². The number of aromatic nitrogens is 1. The summed E-state index contributed by atoms with van der Waals surface area (Å²) in [7, 11) is -3.46. The number of nitrogens with one attached hydrogen (secondary N) is 1. The molecule has 0 spiro atoms. The molecular formula is C10H13NO4S. The molecule has 5 nitrogen and oxygen atoms in total. The van der Waals surface area contributed by atoms with Gasteiger partial charge in [-0.05, 0) is 12.5 Å². The highest BCUT2D eigenvalue weighted by atomic mass is 32.2. The second-order valence-corrected chi connectivity index (χ2v) is 5.86.